The van der Waals surface area contributed by atoms with Crippen LogP contribution in [-0.2, 0) is 29.5 Å². The molecule has 0 fully saturated rings. The van der Waals surface area contributed by atoms with Crippen molar-refractivity contribution in [3.05, 3.63) is 41.6 Å². The molecule has 0 atom stereocenters. The molecule has 0 spiro atoms. The minimum absolute atomic E-state index is 0.0487. The van der Waals surface area contributed by atoms with Crippen molar-refractivity contribution in [2.24, 2.45) is 0 Å². The zero-order valence-corrected chi connectivity index (χ0v) is 12.8. The summed E-state index contributed by atoms with van der Waals surface area (Å²) in [4.78, 5) is 11.0. The molecule has 22 heavy (non-hydrogen) atoms. The molecule has 0 saturated heterocycles. The van der Waals surface area contributed by atoms with Crippen LogP contribution in [0.3, 0.4) is 0 Å². The normalized spacial score (nSPS) is 15.7. The summed E-state index contributed by atoms with van der Waals surface area (Å²) in [7, 11) is -3.78. The Morgan fingerprint density at radius 3 is 2.86 bits per heavy atom. The van der Waals surface area contributed by atoms with E-state index in [9.17, 15) is 13.2 Å². The number of sulfonamides is 1. The number of nitrogens with zero attached hydrogens (tertiary/aromatic N) is 2. The van der Waals surface area contributed by atoms with Crippen LogP contribution in [0.5, 0.6) is 0 Å². The largest absolute Gasteiger partial charge is 0.475 e. The second kappa shape index (κ2) is 5.29. The molecule has 0 unspecified atom stereocenters. The lowest BCUT2D eigenvalue weighted by Gasteiger charge is -2.27. The topological polar surface area (TPSA) is 92.7 Å². The summed E-state index contributed by atoms with van der Waals surface area (Å²) in [5.74, 6) is -1.45. The highest BCUT2D eigenvalue weighted by molar-refractivity contribution is 7.89. The zero-order chi connectivity index (χ0) is 15.9. The molecule has 1 N–H and O–H groups in total. The van der Waals surface area contributed by atoms with Crippen molar-refractivity contribution in [3.63, 3.8) is 0 Å². The molecule has 2 aromatic rings. The Labute approximate surface area is 127 Å². The lowest BCUT2D eigenvalue weighted by atomic mass is 10.3. The van der Waals surface area contributed by atoms with Crippen LogP contribution in [0.15, 0.2) is 33.7 Å². The SMILES string of the molecule is CCc1oc(C(=O)O)cc1S(=O)(=O)N1CCn2cccc2C1. The Kier molecular flexibility index (Phi) is 3.57. The second-order valence-electron chi connectivity index (χ2n) is 5.09. The van der Waals surface area contributed by atoms with Crippen LogP contribution < -0.4 is 0 Å². The molecule has 8 heteroatoms. The van der Waals surface area contributed by atoms with E-state index in [1.165, 1.54) is 4.31 Å². The van der Waals surface area contributed by atoms with E-state index in [-0.39, 0.29) is 23.0 Å². The Morgan fingerprint density at radius 1 is 1.41 bits per heavy atom. The van der Waals surface area contributed by atoms with E-state index in [1.807, 2.05) is 22.9 Å². The van der Waals surface area contributed by atoms with E-state index in [0.717, 1.165) is 11.8 Å². The van der Waals surface area contributed by atoms with E-state index in [4.69, 9.17) is 9.52 Å². The van der Waals surface area contributed by atoms with Gasteiger partial charge in [-0.05, 0) is 12.1 Å². The van der Waals surface area contributed by atoms with Gasteiger partial charge >= 0.3 is 5.97 Å². The predicted molar refractivity (Wildman–Crippen MR) is 77.1 cm³/mol. The van der Waals surface area contributed by atoms with E-state index in [0.29, 0.717) is 19.5 Å². The first-order chi connectivity index (χ1) is 10.4. The maximum atomic E-state index is 12.8. The number of hydrogen-bond donors (Lipinski definition) is 1. The first-order valence-electron chi connectivity index (χ1n) is 6.93. The molecular formula is C14H16N2O5S. The Morgan fingerprint density at radius 2 is 2.18 bits per heavy atom. The number of carboxylic acids is 1. The number of furan rings is 1. The lowest BCUT2D eigenvalue weighted by Crippen LogP contribution is -2.38. The van der Waals surface area contributed by atoms with Crippen LogP contribution in [0.4, 0.5) is 0 Å². The number of aromatic nitrogens is 1. The Hall–Kier alpha value is -2.06. The summed E-state index contributed by atoms with van der Waals surface area (Å²) in [6.07, 6.45) is 2.23. The molecule has 0 amide bonds. The first-order valence-corrected chi connectivity index (χ1v) is 8.37. The first kappa shape index (κ1) is 14.9. The molecule has 7 nitrogen and oxygen atoms in total. The number of hydrogen-bond acceptors (Lipinski definition) is 4. The second-order valence-corrected chi connectivity index (χ2v) is 6.99. The number of aromatic carboxylic acids is 1. The highest BCUT2D eigenvalue weighted by atomic mass is 32.2. The third-order valence-corrected chi connectivity index (χ3v) is 5.66. The molecule has 0 aromatic carbocycles. The van der Waals surface area contributed by atoms with Crippen LogP contribution in [0.1, 0.15) is 28.9 Å². The fourth-order valence-electron chi connectivity index (χ4n) is 2.62. The Bertz CT molecular complexity index is 818. The fourth-order valence-corrected chi connectivity index (χ4v) is 4.25. The summed E-state index contributed by atoms with van der Waals surface area (Å²) in [5, 5.41) is 8.99. The quantitative estimate of drug-likeness (QED) is 0.921. The van der Waals surface area contributed by atoms with Crippen molar-refractivity contribution >= 4 is 16.0 Å². The number of rotatable bonds is 4. The van der Waals surface area contributed by atoms with Crippen molar-refractivity contribution in [3.8, 4) is 0 Å². The molecule has 0 bridgehead atoms. The highest BCUT2D eigenvalue weighted by Crippen LogP contribution is 2.27. The smallest absolute Gasteiger partial charge is 0.371 e. The average Bonchev–Trinajstić information content (AvgIpc) is 3.13. The molecule has 3 rings (SSSR count). The van der Waals surface area contributed by atoms with Gasteiger partial charge in [0.2, 0.25) is 15.8 Å². The van der Waals surface area contributed by atoms with E-state index >= 15 is 0 Å². The van der Waals surface area contributed by atoms with Gasteiger partial charge in [0, 0.05) is 37.5 Å². The third kappa shape index (κ3) is 2.34. The minimum Gasteiger partial charge on any atom is -0.475 e. The van der Waals surface area contributed by atoms with Gasteiger partial charge in [0.25, 0.3) is 0 Å². The maximum Gasteiger partial charge on any atom is 0.371 e. The minimum atomic E-state index is -3.78. The monoisotopic (exact) mass is 324 g/mol. The molecule has 0 radical (unpaired) electrons. The van der Waals surface area contributed by atoms with E-state index in [2.05, 4.69) is 0 Å². The summed E-state index contributed by atoms with van der Waals surface area (Å²) < 4.78 is 34.1. The number of carbonyl (C=O) groups is 1. The van der Waals surface area contributed by atoms with Gasteiger partial charge in [0.1, 0.15) is 10.7 Å². The number of carboxylic acid groups (broad SMARTS) is 1. The molecule has 1 aliphatic heterocycles. The molecule has 0 saturated carbocycles. The van der Waals surface area contributed by atoms with Crippen molar-refractivity contribution in [1.82, 2.24) is 8.87 Å². The molecular weight excluding hydrogens is 308 g/mol. The zero-order valence-electron chi connectivity index (χ0n) is 12.0. The number of aryl methyl sites for hydroxylation is 1. The van der Waals surface area contributed by atoms with Gasteiger partial charge in [-0.1, -0.05) is 6.92 Å². The predicted octanol–water partition coefficient (Wildman–Crippen LogP) is 1.55. The summed E-state index contributed by atoms with van der Waals surface area (Å²) in [6, 6.07) is 4.86. The summed E-state index contributed by atoms with van der Waals surface area (Å²) in [5.41, 5.74) is 0.912. The molecule has 2 aromatic heterocycles. The van der Waals surface area contributed by atoms with Crippen LogP contribution >= 0.6 is 0 Å². The van der Waals surface area contributed by atoms with Gasteiger partial charge in [-0.3, -0.25) is 0 Å². The molecule has 0 aliphatic carbocycles. The molecule has 118 valence electrons. The Balaban J connectivity index is 1.99. The lowest BCUT2D eigenvalue weighted by molar-refractivity contribution is 0.0660. The summed E-state index contributed by atoms with van der Waals surface area (Å²) >= 11 is 0. The van der Waals surface area contributed by atoms with Crippen molar-refractivity contribution in [2.75, 3.05) is 6.54 Å². The summed E-state index contributed by atoms with van der Waals surface area (Å²) in [6.45, 7) is 2.92. The third-order valence-electron chi connectivity index (χ3n) is 3.77. The van der Waals surface area contributed by atoms with E-state index in [1.54, 1.807) is 6.92 Å². The van der Waals surface area contributed by atoms with Crippen LogP contribution in [-0.4, -0.2) is 34.9 Å². The van der Waals surface area contributed by atoms with Gasteiger partial charge in [0.05, 0.1) is 6.54 Å². The van der Waals surface area contributed by atoms with Gasteiger partial charge in [-0.25, -0.2) is 13.2 Å². The van der Waals surface area contributed by atoms with Crippen LogP contribution in [0.25, 0.3) is 0 Å². The van der Waals surface area contributed by atoms with E-state index < -0.39 is 16.0 Å². The van der Waals surface area contributed by atoms with Crippen molar-refractivity contribution in [1.29, 1.82) is 0 Å². The number of fused-ring (bicyclic) bond motifs is 1. The maximum absolute atomic E-state index is 12.8. The van der Waals surface area contributed by atoms with Crippen LogP contribution in [0, 0.1) is 0 Å². The van der Waals surface area contributed by atoms with Crippen molar-refractivity contribution < 1.29 is 22.7 Å². The van der Waals surface area contributed by atoms with Gasteiger partial charge in [0.15, 0.2) is 0 Å². The van der Waals surface area contributed by atoms with Gasteiger partial charge < -0.3 is 14.1 Å². The standard InChI is InChI=1S/C14H16N2O5S/c1-2-11-13(8-12(21-11)14(17)18)22(19,20)16-7-6-15-5-3-4-10(15)9-16/h3-5,8H,2,6-7,9H2,1H3,(H,17,18). The molecule has 1 aliphatic rings. The van der Waals surface area contributed by atoms with Crippen molar-refractivity contribution in [2.45, 2.75) is 31.3 Å². The molecule has 3 heterocycles. The van der Waals surface area contributed by atoms with Gasteiger partial charge in [-0.15, -0.1) is 0 Å². The average molecular weight is 324 g/mol. The van der Waals surface area contributed by atoms with Gasteiger partial charge in [-0.2, -0.15) is 4.31 Å². The van der Waals surface area contributed by atoms with Crippen LogP contribution in [0.2, 0.25) is 0 Å². The fraction of sp³-hybridized carbons (Fsp3) is 0.357. The highest BCUT2D eigenvalue weighted by Gasteiger charge is 2.32.